The average molecular weight is 364 g/mol. The summed E-state index contributed by atoms with van der Waals surface area (Å²) in [6.07, 6.45) is 5.35. The summed E-state index contributed by atoms with van der Waals surface area (Å²) in [6.45, 7) is 5.96. The van der Waals surface area contributed by atoms with Gasteiger partial charge in [-0.15, -0.1) is 0 Å². The predicted octanol–water partition coefficient (Wildman–Crippen LogP) is 2.18. The Morgan fingerprint density at radius 2 is 1.92 bits per heavy atom. The van der Waals surface area contributed by atoms with Crippen LogP contribution in [0.1, 0.15) is 59.3 Å². The Morgan fingerprint density at radius 1 is 1.19 bits per heavy atom. The standard InChI is InChI=1S/C21H32O5/c1-12(22)17-11-26-18(24)21(25)16-5-4-13-10-14(23)6-8-19(13,2)15(16)7-9-20(17,21)3/h4,14-18,23-25H,5-11H2,1-3H3/t14-,15?,16?,17-,18+,19-,20+,21+/m0/s1. The molecule has 2 saturated carbocycles. The van der Waals surface area contributed by atoms with Gasteiger partial charge in [0.1, 0.15) is 11.4 Å². The molecular weight excluding hydrogens is 332 g/mol. The van der Waals surface area contributed by atoms with Crippen molar-refractivity contribution in [3.8, 4) is 0 Å². The number of aliphatic hydroxyl groups excluding tert-OH is 2. The van der Waals surface area contributed by atoms with E-state index >= 15 is 0 Å². The number of carbonyl (C=O) groups is 1. The van der Waals surface area contributed by atoms with E-state index in [4.69, 9.17) is 4.74 Å². The number of carbonyl (C=O) groups excluding carboxylic acids is 1. The van der Waals surface area contributed by atoms with Crippen molar-refractivity contribution in [2.45, 2.75) is 77.3 Å². The molecule has 3 N–H and O–H groups in total. The van der Waals surface area contributed by atoms with Crippen molar-refractivity contribution in [1.29, 1.82) is 0 Å². The van der Waals surface area contributed by atoms with E-state index in [1.54, 1.807) is 6.92 Å². The molecule has 1 aliphatic heterocycles. The van der Waals surface area contributed by atoms with Crippen molar-refractivity contribution in [2.75, 3.05) is 6.61 Å². The summed E-state index contributed by atoms with van der Waals surface area (Å²) in [7, 11) is 0. The molecule has 5 nitrogen and oxygen atoms in total. The molecule has 3 fully saturated rings. The first-order chi connectivity index (χ1) is 12.1. The second-order valence-electron chi connectivity index (χ2n) is 9.62. The van der Waals surface area contributed by atoms with Crippen molar-refractivity contribution in [3.05, 3.63) is 11.6 Å². The van der Waals surface area contributed by atoms with E-state index in [1.807, 2.05) is 6.92 Å². The molecule has 146 valence electrons. The Kier molecular flexibility index (Phi) is 4.20. The Balaban J connectivity index is 1.77. The Morgan fingerprint density at radius 3 is 2.62 bits per heavy atom. The van der Waals surface area contributed by atoms with Gasteiger partial charge in [-0.05, 0) is 56.8 Å². The summed E-state index contributed by atoms with van der Waals surface area (Å²) < 4.78 is 5.55. The highest BCUT2D eigenvalue weighted by Crippen LogP contribution is 2.65. The molecule has 0 bridgehead atoms. The van der Waals surface area contributed by atoms with Crippen LogP contribution < -0.4 is 0 Å². The first kappa shape index (κ1) is 18.6. The van der Waals surface area contributed by atoms with Gasteiger partial charge in [-0.2, -0.15) is 0 Å². The molecule has 0 radical (unpaired) electrons. The fraction of sp³-hybridized carbons (Fsp3) is 0.857. The van der Waals surface area contributed by atoms with Crippen LogP contribution in [0.3, 0.4) is 0 Å². The van der Waals surface area contributed by atoms with Gasteiger partial charge in [0.05, 0.1) is 12.7 Å². The first-order valence-electron chi connectivity index (χ1n) is 10.0. The number of aliphatic hydroxyl groups is 3. The summed E-state index contributed by atoms with van der Waals surface area (Å²) >= 11 is 0. The monoisotopic (exact) mass is 364 g/mol. The molecule has 1 heterocycles. The van der Waals surface area contributed by atoms with E-state index in [0.717, 1.165) is 19.3 Å². The van der Waals surface area contributed by atoms with Crippen LogP contribution >= 0.6 is 0 Å². The van der Waals surface area contributed by atoms with Gasteiger partial charge in [0, 0.05) is 17.3 Å². The number of allylic oxidation sites excluding steroid dienone is 1. The second kappa shape index (κ2) is 5.87. The minimum Gasteiger partial charge on any atom is -0.393 e. The molecule has 3 aliphatic carbocycles. The van der Waals surface area contributed by atoms with Crippen molar-refractivity contribution in [2.24, 2.45) is 28.6 Å². The smallest absolute Gasteiger partial charge is 0.184 e. The van der Waals surface area contributed by atoms with Gasteiger partial charge in [-0.25, -0.2) is 0 Å². The maximum atomic E-state index is 12.3. The van der Waals surface area contributed by atoms with E-state index in [0.29, 0.717) is 19.3 Å². The second-order valence-corrected chi connectivity index (χ2v) is 9.62. The van der Waals surface area contributed by atoms with E-state index in [-0.39, 0.29) is 41.7 Å². The van der Waals surface area contributed by atoms with Gasteiger partial charge >= 0.3 is 0 Å². The summed E-state index contributed by atoms with van der Waals surface area (Å²) in [6, 6.07) is 0. The lowest BCUT2D eigenvalue weighted by atomic mass is 9.43. The average Bonchev–Trinajstić information content (AvgIpc) is 2.57. The third-order valence-electron chi connectivity index (χ3n) is 8.62. The van der Waals surface area contributed by atoms with Crippen LogP contribution in [-0.4, -0.2) is 45.7 Å². The van der Waals surface area contributed by atoms with Gasteiger partial charge in [-0.1, -0.05) is 25.5 Å². The summed E-state index contributed by atoms with van der Waals surface area (Å²) in [4.78, 5) is 12.3. The van der Waals surface area contributed by atoms with Gasteiger partial charge in [-0.3, -0.25) is 4.79 Å². The van der Waals surface area contributed by atoms with Gasteiger partial charge in [0.15, 0.2) is 6.29 Å². The van der Waals surface area contributed by atoms with E-state index < -0.39 is 17.3 Å². The zero-order valence-electron chi connectivity index (χ0n) is 16.1. The maximum Gasteiger partial charge on any atom is 0.184 e. The number of ether oxygens (including phenoxy) is 1. The van der Waals surface area contributed by atoms with Crippen LogP contribution in [0.25, 0.3) is 0 Å². The molecule has 0 amide bonds. The molecule has 2 unspecified atom stereocenters. The zero-order valence-corrected chi connectivity index (χ0v) is 16.1. The summed E-state index contributed by atoms with van der Waals surface area (Å²) in [5.74, 6) is -0.266. The van der Waals surface area contributed by atoms with E-state index in [1.165, 1.54) is 5.57 Å². The predicted molar refractivity (Wildman–Crippen MR) is 96.1 cm³/mol. The third kappa shape index (κ3) is 2.20. The highest BCUT2D eigenvalue weighted by Gasteiger charge is 2.69. The number of fused-ring (bicyclic) bond motifs is 5. The van der Waals surface area contributed by atoms with Crippen molar-refractivity contribution in [1.82, 2.24) is 0 Å². The molecule has 0 aromatic heterocycles. The molecule has 1 saturated heterocycles. The van der Waals surface area contributed by atoms with Gasteiger partial charge in [0.25, 0.3) is 0 Å². The largest absolute Gasteiger partial charge is 0.393 e. The highest BCUT2D eigenvalue weighted by molar-refractivity contribution is 5.79. The van der Waals surface area contributed by atoms with Crippen molar-refractivity contribution >= 4 is 5.78 Å². The number of hydrogen-bond acceptors (Lipinski definition) is 5. The SMILES string of the molecule is CC(=O)[C@@H]1CO[C@@H](O)[C@]2(O)C3CC=C4C[C@@H](O)CC[C@]4(C)C3CC[C@]12C. The third-order valence-corrected chi connectivity index (χ3v) is 8.62. The number of rotatable bonds is 1. The lowest BCUT2D eigenvalue weighted by Gasteiger charge is -2.65. The summed E-state index contributed by atoms with van der Waals surface area (Å²) in [5, 5.41) is 32.7. The first-order valence-corrected chi connectivity index (χ1v) is 10.0. The molecule has 8 atom stereocenters. The Labute approximate surface area is 155 Å². The molecule has 0 aromatic rings. The van der Waals surface area contributed by atoms with Crippen molar-refractivity contribution < 1.29 is 24.9 Å². The lowest BCUT2D eigenvalue weighted by Crippen LogP contribution is -2.72. The van der Waals surface area contributed by atoms with Gasteiger partial charge in [0.2, 0.25) is 0 Å². The number of Topliss-reactive ketones (excluding diaryl/α,β-unsaturated/α-hetero) is 1. The van der Waals surface area contributed by atoms with Crippen LogP contribution in [0.4, 0.5) is 0 Å². The molecule has 26 heavy (non-hydrogen) atoms. The van der Waals surface area contributed by atoms with Crippen LogP contribution in [-0.2, 0) is 9.53 Å². The van der Waals surface area contributed by atoms with Crippen LogP contribution in [0, 0.1) is 28.6 Å². The Bertz CT molecular complexity index is 644. The van der Waals surface area contributed by atoms with Crippen LogP contribution in [0.15, 0.2) is 11.6 Å². The minimum atomic E-state index is -1.42. The number of ketones is 1. The molecule has 0 aromatic carbocycles. The minimum absolute atomic E-state index is 0.0234. The molecule has 4 rings (SSSR count). The van der Waals surface area contributed by atoms with Crippen molar-refractivity contribution in [3.63, 3.8) is 0 Å². The quantitative estimate of drug-likeness (QED) is 0.621. The summed E-state index contributed by atoms with van der Waals surface area (Å²) in [5.41, 5.74) is -0.847. The van der Waals surface area contributed by atoms with E-state index in [2.05, 4.69) is 13.0 Å². The normalized spacial score (nSPS) is 53.8. The fourth-order valence-electron chi connectivity index (χ4n) is 6.90. The van der Waals surface area contributed by atoms with Gasteiger partial charge < -0.3 is 20.1 Å². The van der Waals surface area contributed by atoms with Crippen LogP contribution in [0.5, 0.6) is 0 Å². The van der Waals surface area contributed by atoms with E-state index in [9.17, 15) is 20.1 Å². The molecular formula is C21H32O5. The maximum absolute atomic E-state index is 12.3. The topological polar surface area (TPSA) is 87.0 Å². The molecule has 4 aliphatic rings. The lowest BCUT2D eigenvalue weighted by molar-refractivity contribution is -0.342. The zero-order chi connectivity index (χ0) is 18.9. The Hall–Kier alpha value is -0.750. The molecule has 0 spiro atoms. The fourth-order valence-corrected chi connectivity index (χ4v) is 6.90. The molecule has 5 heteroatoms. The van der Waals surface area contributed by atoms with Crippen LogP contribution in [0.2, 0.25) is 0 Å². The number of hydrogen-bond donors (Lipinski definition) is 3. The highest BCUT2D eigenvalue weighted by atomic mass is 16.6.